The van der Waals surface area contributed by atoms with E-state index in [1.807, 2.05) is 0 Å². The maximum atomic E-state index is 4.24. The number of aryl methyl sites for hydroxylation is 2. The third-order valence-electron chi connectivity index (χ3n) is 4.04. The summed E-state index contributed by atoms with van der Waals surface area (Å²) in [6.07, 6.45) is 14.4. The number of nitrogens with zero attached hydrogens (tertiary/aromatic N) is 2. The van der Waals surface area contributed by atoms with E-state index in [1.54, 1.807) is 0 Å². The minimum Gasteiger partial charge on any atom is -0.237 e. The van der Waals surface area contributed by atoms with Crippen molar-refractivity contribution < 1.29 is 4.57 Å². The van der Waals surface area contributed by atoms with Gasteiger partial charge in [0.05, 0.1) is 14.1 Å². The van der Waals surface area contributed by atoms with Gasteiger partial charge in [-0.3, -0.25) is 0 Å². The van der Waals surface area contributed by atoms with Crippen LogP contribution in [0.3, 0.4) is 0 Å². The summed E-state index contributed by atoms with van der Waals surface area (Å²) in [6, 6.07) is 0. The molecule has 1 aromatic heterocycles. The van der Waals surface area contributed by atoms with Gasteiger partial charge in [0, 0.05) is 13.3 Å². The van der Waals surface area contributed by atoms with Crippen molar-refractivity contribution >= 4 is 12.6 Å². The molecule has 110 valence electrons. The van der Waals surface area contributed by atoms with Crippen molar-refractivity contribution in [2.45, 2.75) is 64.7 Å². The van der Waals surface area contributed by atoms with Crippen LogP contribution >= 0.6 is 12.6 Å². The number of rotatable bonds is 10. The molecule has 0 amide bonds. The molecular weight excluding hydrogens is 252 g/mol. The van der Waals surface area contributed by atoms with Crippen LogP contribution in [0.5, 0.6) is 0 Å². The van der Waals surface area contributed by atoms with E-state index in [0.717, 1.165) is 5.75 Å². The number of unbranched alkanes of at least 4 members (excludes halogenated alkanes) is 7. The van der Waals surface area contributed by atoms with Gasteiger partial charge in [-0.1, -0.05) is 38.5 Å². The van der Waals surface area contributed by atoms with E-state index in [9.17, 15) is 0 Å². The van der Waals surface area contributed by atoms with E-state index in [2.05, 4.69) is 49.1 Å². The molecule has 0 aromatic carbocycles. The molecule has 1 heterocycles. The first kappa shape index (κ1) is 16.6. The van der Waals surface area contributed by atoms with Crippen molar-refractivity contribution in [3.05, 3.63) is 17.7 Å². The van der Waals surface area contributed by atoms with Crippen LogP contribution in [0.1, 0.15) is 62.8 Å². The van der Waals surface area contributed by atoms with E-state index in [0.29, 0.717) is 0 Å². The monoisotopic (exact) mass is 283 g/mol. The highest BCUT2D eigenvalue weighted by Gasteiger charge is 2.13. The SMILES string of the molecule is Cc1c(CCCCCCCCCCS)[n+](C)cn1C. The first-order chi connectivity index (χ1) is 9.16. The zero-order chi connectivity index (χ0) is 14.1. The normalized spacial score (nSPS) is 11.2. The summed E-state index contributed by atoms with van der Waals surface area (Å²) in [7, 11) is 4.29. The highest BCUT2D eigenvalue weighted by atomic mass is 32.1. The van der Waals surface area contributed by atoms with Gasteiger partial charge in [-0.25, -0.2) is 9.13 Å². The minimum atomic E-state index is 1.05. The van der Waals surface area contributed by atoms with Crippen molar-refractivity contribution in [3.63, 3.8) is 0 Å². The Morgan fingerprint density at radius 3 is 2.00 bits per heavy atom. The lowest BCUT2D eigenvalue weighted by Gasteiger charge is -2.02. The van der Waals surface area contributed by atoms with Crippen LogP contribution in [0.4, 0.5) is 0 Å². The lowest BCUT2D eigenvalue weighted by Crippen LogP contribution is -2.30. The second-order valence-corrected chi connectivity index (χ2v) is 6.12. The van der Waals surface area contributed by atoms with Gasteiger partial charge < -0.3 is 0 Å². The second-order valence-electron chi connectivity index (χ2n) is 5.67. The summed E-state index contributed by atoms with van der Waals surface area (Å²) in [4.78, 5) is 0. The van der Waals surface area contributed by atoms with Crippen LogP contribution in [0, 0.1) is 6.92 Å². The molecule has 0 aliphatic carbocycles. The third-order valence-corrected chi connectivity index (χ3v) is 4.36. The number of hydrogen-bond donors (Lipinski definition) is 1. The van der Waals surface area contributed by atoms with E-state index < -0.39 is 0 Å². The summed E-state index contributed by atoms with van der Waals surface area (Å²) < 4.78 is 4.49. The largest absolute Gasteiger partial charge is 0.243 e. The Bertz CT molecular complexity index is 358. The van der Waals surface area contributed by atoms with Crippen molar-refractivity contribution in [1.82, 2.24) is 4.57 Å². The van der Waals surface area contributed by atoms with E-state index in [-0.39, 0.29) is 0 Å². The average Bonchev–Trinajstić information content (AvgIpc) is 2.63. The lowest BCUT2D eigenvalue weighted by atomic mass is 10.1. The van der Waals surface area contributed by atoms with Crippen LogP contribution in [-0.2, 0) is 20.5 Å². The number of aromatic nitrogens is 2. The number of imidazole rings is 1. The van der Waals surface area contributed by atoms with Gasteiger partial charge in [0.2, 0.25) is 6.33 Å². The fraction of sp³-hybridized carbons (Fsp3) is 0.812. The summed E-state index contributed by atoms with van der Waals surface area (Å²) >= 11 is 4.24. The first-order valence-corrected chi connectivity index (χ1v) is 8.41. The van der Waals surface area contributed by atoms with Gasteiger partial charge in [0.1, 0.15) is 11.4 Å². The van der Waals surface area contributed by atoms with Gasteiger partial charge in [-0.15, -0.1) is 0 Å². The standard InChI is InChI=1S/C16H30N2S/c1-15-16(18(3)14-17(15)2)12-10-8-6-4-5-7-9-11-13-19/h14H,4-13H2,1-3H3/p+1. The maximum absolute atomic E-state index is 4.24. The Kier molecular flexibility index (Phi) is 8.27. The third kappa shape index (κ3) is 6.03. The molecule has 0 bridgehead atoms. The Morgan fingerprint density at radius 1 is 1.00 bits per heavy atom. The fourth-order valence-electron chi connectivity index (χ4n) is 2.70. The average molecular weight is 284 g/mol. The Balaban J connectivity index is 2.05. The maximum Gasteiger partial charge on any atom is 0.243 e. The van der Waals surface area contributed by atoms with Gasteiger partial charge in [-0.2, -0.15) is 12.6 Å². The van der Waals surface area contributed by atoms with Crippen molar-refractivity contribution in [2.24, 2.45) is 14.1 Å². The summed E-state index contributed by atoms with van der Waals surface area (Å²) in [5.74, 6) is 1.05. The van der Waals surface area contributed by atoms with Crippen LogP contribution in [0.15, 0.2) is 6.33 Å². The summed E-state index contributed by atoms with van der Waals surface area (Å²) in [5, 5.41) is 0. The molecule has 0 aliphatic heterocycles. The van der Waals surface area contributed by atoms with Crippen LogP contribution in [-0.4, -0.2) is 10.3 Å². The molecule has 1 aromatic rings. The zero-order valence-corrected chi connectivity index (χ0v) is 13.9. The van der Waals surface area contributed by atoms with Crippen LogP contribution in [0.2, 0.25) is 0 Å². The van der Waals surface area contributed by atoms with Crippen LogP contribution in [0.25, 0.3) is 0 Å². The molecule has 0 unspecified atom stereocenters. The molecule has 3 heteroatoms. The van der Waals surface area contributed by atoms with E-state index >= 15 is 0 Å². The van der Waals surface area contributed by atoms with E-state index in [1.165, 1.54) is 69.2 Å². The topological polar surface area (TPSA) is 8.81 Å². The smallest absolute Gasteiger partial charge is 0.237 e. The number of hydrogen-bond acceptors (Lipinski definition) is 1. The van der Waals surface area contributed by atoms with Gasteiger partial charge in [-0.05, 0) is 18.6 Å². The second kappa shape index (κ2) is 9.46. The van der Waals surface area contributed by atoms with Crippen LogP contribution < -0.4 is 4.57 Å². The van der Waals surface area contributed by atoms with Gasteiger partial charge >= 0.3 is 0 Å². The highest BCUT2D eigenvalue weighted by molar-refractivity contribution is 7.80. The van der Waals surface area contributed by atoms with E-state index in [4.69, 9.17) is 0 Å². The predicted molar refractivity (Wildman–Crippen MR) is 85.8 cm³/mol. The Hall–Kier alpha value is -0.440. The Labute approximate surface area is 124 Å². The zero-order valence-electron chi connectivity index (χ0n) is 13.0. The van der Waals surface area contributed by atoms with Crippen molar-refractivity contribution in [1.29, 1.82) is 0 Å². The fourth-order valence-corrected chi connectivity index (χ4v) is 2.92. The molecule has 0 spiro atoms. The molecule has 19 heavy (non-hydrogen) atoms. The molecule has 0 aliphatic rings. The van der Waals surface area contributed by atoms with Crippen molar-refractivity contribution in [3.8, 4) is 0 Å². The van der Waals surface area contributed by atoms with Gasteiger partial charge in [0.25, 0.3) is 0 Å². The molecule has 0 saturated heterocycles. The van der Waals surface area contributed by atoms with Gasteiger partial charge in [0.15, 0.2) is 0 Å². The van der Waals surface area contributed by atoms with Crippen molar-refractivity contribution in [2.75, 3.05) is 5.75 Å². The Morgan fingerprint density at radius 2 is 1.53 bits per heavy atom. The molecule has 0 fully saturated rings. The molecule has 1 rings (SSSR count). The summed E-state index contributed by atoms with van der Waals surface area (Å²) in [5.41, 5.74) is 2.91. The summed E-state index contributed by atoms with van der Waals surface area (Å²) in [6.45, 7) is 2.22. The highest BCUT2D eigenvalue weighted by Crippen LogP contribution is 2.12. The first-order valence-electron chi connectivity index (χ1n) is 7.78. The number of thiol groups is 1. The lowest BCUT2D eigenvalue weighted by molar-refractivity contribution is -0.678. The molecule has 0 N–H and O–H groups in total. The molecular formula is C16H31N2S+. The quantitative estimate of drug-likeness (QED) is 0.380. The molecule has 2 nitrogen and oxygen atoms in total. The predicted octanol–water partition coefficient (Wildman–Crippen LogP) is 3.75. The molecule has 0 atom stereocenters. The minimum absolute atomic E-state index is 1.05. The molecule has 0 saturated carbocycles. The molecule has 0 radical (unpaired) electrons.